The van der Waals surface area contributed by atoms with Crippen molar-refractivity contribution >= 4 is 37.6 Å². The summed E-state index contributed by atoms with van der Waals surface area (Å²) in [4.78, 5) is 5.56. The highest BCUT2D eigenvalue weighted by molar-refractivity contribution is 6.15. The molecule has 0 aromatic heterocycles. The molecule has 5 heavy (non-hydrogen) atoms. The Morgan fingerprint density at radius 1 is 1.60 bits per heavy atom. The summed E-state index contributed by atoms with van der Waals surface area (Å²) in [6, 6.07) is 0. The van der Waals surface area contributed by atoms with Gasteiger partial charge in [-0.3, -0.25) is 0 Å². The predicted molar refractivity (Wildman–Crippen MR) is 22.0 cm³/mol. The van der Waals surface area contributed by atoms with Crippen LogP contribution in [-0.4, -0.2) is 42.4 Å². The first kappa shape index (κ1) is 9.31. The average molecular weight is 117 g/mol. The van der Waals surface area contributed by atoms with E-state index in [4.69, 9.17) is 4.80 Å². The van der Waals surface area contributed by atoms with Gasteiger partial charge in [-0.25, -0.2) is 0 Å². The van der Waals surface area contributed by atoms with Gasteiger partial charge in [0.05, 0.1) is 0 Å². The Hall–Kier alpha value is 0.886. The van der Waals surface area contributed by atoms with Crippen molar-refractivity contribution in [1.82, 2.24) is 0 Å². The second-order valence-corrected chi connectivity index (χ2v) is 1.06. The fourth-order valence-electron chi connectivity index (χ4n) is 0. The zero-order chi connectivity index (χ0) is 4.71. The van der Waals surface area contributed by atoms with Crippen molar-refractivity contribution in [2.24, 2.45) is 0 Å². The standard InChI is InChI=1S/Al.H2OSi.OSi/c;2*1-2/h;1H2;/q;+1;-1. The molecule has 0 aromatic carbocycles. The van der Waals surface area contributed by atoms with Crippen LogP contribution < -0.4 is 0 Å². The monoisotopic (exact) mass is 117 g/mol. The number of hydrogen-bond acceptors (Lipinski definition) is 1. The highest BCUT2D eigenvalue weighted by Gasteiger charge is 1.20. The van der Waals surface area contributed by atoms with E-state index in [9.17, 15) is 0 Å². The van der Waals surface area contributed by atoms with Gasteiger partial charge in [0, 0.05) is 0 Å². The first-order valence-electron chi connectivity index (χ1n) is 0.690. The van der Waals surface area contributed by atoms with E-state index in [0.29, 0.717) is 0 Å². The summed E-state index contributed by atoms with van der Waals surface area (Å²) < 4.78 is 3.97. The third kappa shape index (κ3) is 51.8. The lowest BCUT2D eigenvalue weighted by atomic mass is 15.8. The molecule has 0 bridgehead atoms. The Labute approximate surface area is 46.4 Å². The molecule has 0 aliphatic rings. The van der Waals surface area contributed by atoms with Crippen LogP contribution in [0.15, 0.2) is 0 Å². The molecule has 0 saturated heterocycles. The van der Waals surface area contributed by atoms with Crippen LogP contribution in [0.3, 0.4) is 0 Å². The van der Waals surface area contributed by atoms with Gasteiger partial charge in [0.1, 0.15) is 0 Å². The van der Waals surface area contributed by atoms with Crippen molar-refractivity contribution in [3.63, 3.8) is 0 Å². The molecule has 0 fully saturated rings. The SMILES string of the molecule is [Al-][O][Si].[OH2+][Si]. The van der Waals surface area contributed by atoms with Crippen LogP contribution in [0.4, 0.5) is 0 Å². The molecule has 2 N–H and O–H groups in total. The largest absolute Gasteiger partial charge is 0.794 e. The van der Waals surface area contributed by atoms with Crippen LogP contribution >= 0.6 is 0 Å². The van der Waals surface area contributed by atoms with E-state index in [1.165, 1.54) is 0 Å². The first-order chi connectivity index (χ1) is 2.41. The van der Waals surface area contributed by atoms with Gasteiger partial charge >= 0.3 is 10.5 Å². The minimum Gasteiger partial charge on any atom is -0.794 e. The summed E-state index contributed by atoms with van der Waals surface area (Å²) >= 11 is 1.99. The molecule has 0 unspecified atom stereocenters. The van der Waals surface area contributed by atoms with E-state index in [2.05, 4.69) is 24.4 Å². The van der Waals surface area contributed by atoms with Crippen molar-refractivity contribution < 1.29 is 8.27 Å². The van der Waals surface area contributed by atoms with Crippen LogP contribution in [0, 0.1) is 0 Å². The Bertz CT molecular complexity index is 7.61. The predicted octanol–water partition coefficient (Wildman–Crippen LogP) is -2.04. The summed E-state index contributed by atoms with van der Waals surface area (Å²) in [6.45, 7) is 0. The zero-order valence-electron chi connectivity index (χ0n) is 2.49. The average Bonchev–Trinajstić information content (AvgIpc) is 1.46. The molecule has 25 valence electrons. The molecule has 5 heteroatoms. The third-order valence-corrected chi connectivity index (χ3v) is 0. The van der Waals surface area contributed by atoms with Gasteiger partial charge in [0.2, 0.25) is 0 Å². The van der Waals surface area contributed by atoms with Crippen LogP contribution in [0.5, 0.6) is 0 Å². The second-order valence-electron chi connectivity index (χ2n) is 0.118. The van der Waals surface area contributed by atoms with E-state index in [1.807, 2.05) is 16.6 Å². The van der Waals surface area contributed by atoms with Crippen LogP contribution in [0.25, 0.3) is 0 Å². The molecule has 0 rings (SSSR count). The lowest BCUT2D eigenvalue weighted by molar-refractivity contribution is 0.629. The summed E-state index contributed by atoms with van der Waals surface area (Å²) in [7, 11) is 4.87. The Morgan fingerprint density at radius 2 is 1.60 bits per heavy atom. The first-order valence-corrected chi connectivity index (χ1v) is 2.07. The lowest BCUT2D eigenvalue weighted by Crippen LogP contribution is -1.65. The van der Waals surface area contributed by atoms with Crippen LogP contribution in [0.1, 0.15) is 0 Å². The minimum atomic E-state index is 1.99. The van der Waals surface area contributed by atoms with Crippen molar-refractivity contribution in [1.29, 1.82) is 0 Å². The van der Waals surface area contributed by atoms with Gasteiger partial charge in [0.15, 0.2) is 10.5 Å². The lowest BCUT2D eigenvalue weighted by Gasteiger charge is -1.92. The van der Waals surface area contributed by atoms with E-state index >= 15 is 0 Å². The van der Waals surface area contributed by atoms with Crippen molar-refractivity contribution in [3.8, 4) is 0 Å². The van der Waals surface area contributed by atoms with Gasteiger partial charge < -0.3 is 24.9 Å². The quantitative estimate of drug-likeness (QED) is 0.266. The topological polar surface area (TPSA) is 32.1 Å². The number of hydrogen-bond donors (Lipinski definition) is 0. The molecular weight excluding hydrogens is 115 g/mol. The van der Waals surface area contributed by atoms with Crippen LogP contribution in [-0.2, 0) is 3.48 Å². The molecule has 9 radical (unpaired) electrons. The summed E-state index contributed by atoms with van der Waals surface area (Å²) in [5, 5.41) is 0. The van der Waals surface area contributed by atoms with Crippen molar-refractivity contribution in [2.75, 3.05) is 0 Å². The highest BCUT2D eigenvalue weighted by Crippen LogP contribution is 1.20. The van der Waals surface area contributed by atoms with Gasteiger partial charge in [-0.1, -0.05) is 0 Å². The molecular formula is H2AlO2Si2. The van der Waals surface area contributed by atoms with Gasteiger partial charge in [-0.05, 0) is 0 Å². The number of rotatable bonds is 0. The summed E-state index contributed by atoms with van der Waals surface area (Å²) in [5.74, 6) is 0. The molecule has 0 saturated carbocycles. The van der Waals surface area contributed by atoms with Gasteiger partial charge in [0.25, 0.3) is 0 Å². The normalized spacial score (nSPS) is 4.80. The Balaban J connectivity index is 0. The van der Waals surface area contributed by atoms with E-state index < -0.39 is 0 Å². The second kappa shape index (κ2) is 20.7. The van der Waals surface area contributed by atoms with Crippen LogP contribution in [0.2, 0.25) is 0 Å². The molecule has 0 heterocycles. The smallest absolute Gasteiger partial charge is 0.620 e. The molecule has 0 atom stereocenters. The maximum atomic E-state index is 5.56. The fourth-order valence-corrected chi connectivity index (χ4v) is 0. The van der Waals surface area contributed by atoms with Crippen molar-refractivity contribution in [3.05, 3.63) is 0 Å². The zero-order valence-corrected chi connectivity index (χ0v) is 5.64. The summed E-state index contributed by atoms with van der Waals surface area (Å²) in [6.07, 6.45) is 0. The highest BCUT2D eigenvalue weighted by atomic mass is 28.2. The maximum Gasteiger partial charge on any atom is 0.620 e. The Kier molecular flexibility index (Phi) is 38.6. The fraction of sp³-hybridized carbons (Fsp3) is 0. The molecule has 0 spiro atoms. The molecule has 0 aliphatic heterocycles. The van der Waals surface area contributed by atoms with E-state index in [0.717, 1.165) is 0 Å². The summed E-state index contributed by atoms with van der Waals surface area (Å²) in [5.41, 5.74) is 0. The maximum absolute atomic E-state index is 5.56. The minimum absolute atomic E-state index is 1.99. The molecule has 0 amide bonds. The van der Waals surface area contributed by atoms with E-state index in [1.54, 1.807) is 0 Å². The van der Waals surface area contributed by atoms with Crippen molar-refractivity contribution in [2.45, 2.75) is 0 Å². The molecule has 0 aliphatic carbocycles. The van der Waals surface area contributed by atoms with Gasteiger partial charge in [-0.2, -0.15) is 0 Å². The third-order valence-electron chi connectivity index (χ3n) is 0. The van der Waals surface area contributed by atoms with E-state index in [-0.39, 0.29) is 0 Å². The van der Waals surface area contributed by atoms with Gasteiger partial charge in [-0.15, -0.1) is 0 Å². The molecule has 0 aromatic rings. The molecule has 2 nitrogen and oxygen atoms in total. The Morgan fingerprint density at radius 3 is 1.60 bits per heavy atom.